The molecule has 0 radical (unpaired) electrons. The van der Waals surface area contributed by atoms with Gasteiger partial charge in [-0.1, -0.05) is 6.92 Å². The first-order valence-corrected chi connectivity index (χ1v) is 8.87. The van der Waals surface area contributed by atoms with Gasteiger partial charge in [-0.3, -0.25) is 0 Å². The summed E-state index contributed by atoms with van der Waals surface area (Å²) in [5.74, 6) is 1.05. The number of anilines is 1. The maximum Gasteiger partial charge on any atom is 0.242 e. The van der Waals surface area contributed by atoms with Crippen molar-refractivity contribution < 1.29 is 13.2 Å². The van der Waals surface area contributed by atoms with Crippen LogP contribution in [0.5, 0.6) is 0 Å². The highest BCUT2D eigenvalue weighted by Crippen LogP contribution is 2.15. The van der Waals surface area contributed by atoms with Gasteiger partial charge >= 0.3 is 0 Å². The molecule has 0 atom stereocenters. The number of aromatic nitrogens is 1. The molecule has 2 heterocycles. The van der Waals surface area contributed by atoms with Gasteiger partial charge in [0.1, 0.15) is 10.7 Å². The van der Waals surface area contributed by atoms with Crippen LogP contribution < -0.4 is 10.0 Å². The van der Waals surface area contributed by atoms with Crippen LogP contribution in [0.3, 0.4) is 0 Å². The Morgan fingerprint density at radius 1 is 1.33 bits per heavy atom. The molecule has 1 aliphatic heterocycles. The highest BCUT2D eigenvalue weighted by atomic mass is 32.2. The van der Waals surface area contributed by atoms with Crippen molar-refractivity contribution in [1.29, 1.82) is 0 Å². The zero-order valence-corrected chi connectivity index (χ0v) is 13.2. The molecule has 1 aromatic rings. The number of nitrogens with one attached hydrogen (secondary N) is 2. The van der Waals surface area contributed by atoms with E-state index in [4.69, 9.17) is 4.74 Å². The van der Waals surface area contributed by atoms with E-state index in [1.54, 1.807) is 12.1 Å². The molecule has 0 unspecified atom stereocenters. The summed E-state index contributed by atoms with van der Waals surface area (Å²) in [6, 6.07) is 3.27. The highest BCUT2D eigenvalue weighted by molar-refractivity contribution is 7.89. The lowest BCUT2D eigenvalue weighted by Crippen LogP contribution is -2.32. The summed E-state index contributed by atoms with van der Waals surface area (Å²) in [7, 11) is -3.48. The highest BCUT2D eigenvalue weighted by Gasteiger charge is 2.19. The lowest BCUT2D eigenvalue weighted by Gasteiger charge is -2.22. The monoisotopic (exact) mass is 313 g/mol. The lowest BCUT2D eigenvalue weighted by molar-refractivity contribution is 0.0678. The van der Waals surface area contributed by atoms with E-state index in [9.17, 15) is 8.42 Å². The number of rotatable bonds is 7. The van der Waals surface area contributed by atoms with Crippen molar-refractivity contribution in [3.8, 4) is 0 Å². The number of pyridine rings is 1. The maximum absolute atomic E-state index is 12.2. The molecule has 2 rings (SSSR count). The van der Waals surface area contributed by atoms with Gasteiger partial charge in [0.2, 0.25) is 10.0 Å². The molecule has 0 aromatic carbocycles. The van der Waals surface area contributed by atoms with Crippen molar-refractivity contribution in [3.05, 3.63) is 18.3 Å². The van der Waals surface area contributed by atoms with Crippen molar-refractivity contribution in [2.75, 3.05) is 31.6 Å². The third kappa shape index (κ3) is 4.94. The van der Waals surface area contributed by atoms with Gasteiger partial charge < -0.3 is 10.1 Å². The molecule has 118 valence electrons. The second kappa shape index (κ2) is 7.72. The Balaban J connectivity index is 1.91. The van der Waals surface area contributed by atoms with Crippen LogP contribution in [-0.4, -0.2) is 39.7 Å². The first-order valence-electron chi connectivity index (χ1n) is 7.39. The van der Waals surface area contributed by atoms with Gasteiger partial charge in [0.15, 0.2) is 0 Å². The minimum Gasteiger partial charge on any atom is -0.381 e. The predicted octanol–water partition coefficient (Wildman–Crippen LogP) is 1.61. The van der Waals surface area contributed by atoms with E-state index in [0.717, 1.165) is 25.8 Å². The van der Waals surface area contributed by atoms with Crippen LogP contribution >= 0.6 is 0 Å². The summed E-state index contributed by atoms with van der Waals surface area (Å²) in [5.41, 5.74) is 0. The fourth-order valence-corrected chi connectivity index (χ4v) is 3.22. The Hall–Kier alpha value is -1.18. The molecule has 7 heteroatoms. The Morgan fingerprint density at radius 3 is 2.71 bits per heavy atom. The zero-order valence-electron chi connectivity index (χ0n) is 12.3. The molecule has 1 aliphatic rings. The van der Waals surface area contributed by atoms with E-state index in [0.29, 0.717) is 31.5 Å². The summed E-state index contributed by atoms with van der Waals surface area (Å²) in [6.45, 7) is 4.77. The minimum atomic E-state index is -3.48. The second-order valence-corrected chi connectivity index (χ2v) is 6.98. The molecule has 21 heavy (non-hydrogen) atoms. The molecule has 6 nitrogen and oxygen atoms in total. The SMILES string of the molecule is CCCNc1ccc(S(=O)(=O)NCC2CCOCC2)cn1. The quantitative estimate of drug-likeness (QED) is 0.799. The van der Waals surface area contributed by atoms with Crippen molar-refractivity contribution in [3.63, 3.8) is 0 Å². The van der Waals surface area contributed by atoms with Gasteiger partial charge in [-0.15, -0.1) is 0 Å². The van der Waals surface area contributed by atoms with Crippen LogP contribution in [0.2, 0.25) is 0 Å². The standard InChI is InChI=1S/C14H23N3O3S/c1-2-7-15-14-4-3-13(11-16-14)21(18,19)17-10-12-5-8-20-9-6-12/h3-4,11-12,17H,2,5-10H2,1H3,(H,15,16). The average Bonchev–Trinajstić information content (AvgIpc) is 2.52. The van der Waals surface area contributed by atoms with E-state index in [-0.39, 0.29) is 4.90 Å². The van der Waals surface area contributed by atoms with Crippen LogP contribution in [0.15, 0.2) is 23.2 Å². The molecular formula is C14H23N3O3S. The number of hydrogen-bond donors (Lipinski definition) is 2. The number of ether oxygens (including phenoxy) is 1. The number of sulfonamides is 1. The van der Waals surface area contributed by atoms with Crippen LogP contribution in [0, 0.1) is 5.92 Å². The molecule has 2 N–H and O–H groups in total. The van der Waals surface area contributed by atoms with E-state index in [1.165, 1.54) is 6.20 Å². The smallest absolute Gasteiger partial charge is 0.242 e. The number of nitrogens with zero attached hydrogens (tertiary/aromatic N) is 1. The molecule has 0 spiro atoms. The van der Waals surface area contributed by atoms with Crippen molar-refractivity contribution >= 4 is 15.8 Å². The average molecular weight is 313 g/mol. The van der Waals surface area contributed by atoms with E-state index >= 15 is 0 Å². The predicted molar refractivity (Wildman–Crippen MR) is 81.7 cm³/mol. The van der Waals surface area contributed by atoms with Gasteiger partial charge in [0.05, 0.1) is 0 Å². The lowest BCUT2D eigenvalue weighted by atomic mass is 10.0. The van der Waals surface area contributed by atoms with Crippen LogP contribution in [0.4, 0.5) is 5.82 Å². The maximum atomic E-state index is 12.2. The molecular weight excluding hydrogens is 290 g/mol. The molecule has 1 saturated heterocycles. The number of hydrogen-bond acceptors (Lipinski definition) is 5. The van der Waals surface area contributed by atoms with E-state index in [2.05, 4.69) is 21.9 Å². The molecule has 0 bridgehead atoms. The molecule has 0 amide bonds. The van der Waals surface area contributed by atoms with Crippen LogP contribution in [0.25, 0.3) is 0 Å². The van der Waals surface area contributed by atoms with Crippen molar-refractivity contribution in [2.24, 2.45) is 5.92 Å². The fourth-order valence-electron chi connectivity index (χ4n) is 2.16. The summed E-state index contributed by atoms with van der Waals surface area (Å²) >= 11 is 0. The largest absolute Gasteiger partial charge is 0.381 e. The summed E-state index contributed by atoms with van der Waals surface area (Å²) in [6.07, 6.45) is 4.19. The Labute approximate surface area is 126 Å². The van der Waals surface area contributed by atoms with Crippen molar-refractivity contribution in [1.82, 2.24) is 9.71 Å². The third-order valence-electron chi connectivity index (χ3n) is 3.51. The summed E-state index contributed by atoms with van der Waals surface area (Å²) < 4.78 is 32.3. The Bertz CT molecular complexity index is 525. The fraction of sp³-hybridized carbons (Fsp3) is 0.643. The Morgan fingerprint density at radius 2 is 2.10 bits per heavy atom. The summed E-state index contributed by atoms with van der Waals surface area (Å²) in [4.78, 5) is 4.33. The van der Waals surface area contributed by atoms with Gasteiger partial charge in [0, 0.05) is 32.5 Å². The van der Waals surface area contributed by atoms with Gasteiger partial charge in [-0.05, 0) is 37.3 Å². The molecule has 1 fully saturated rings. The first kappa shape index (κ1) is 16.2. The van der Waals surface area contributed by atoms with Gasteiger partial charge in [-0.2, -0.15) is 0 Å². The molecule has 0 aliphatic carbocycles. The topological polar surface area (TPSA) is 80.3 Å². The van der Waals surface area contributed by atoms with Crippen LogP contribution in [-0.2, 0) is 14.8 Å². The zero-order chi connectivity index (χ0) is 15.1. The van der Waals surface area contributed by atoms with Crippen molar-refractivity contribution in [2.45, 2.75) is 31.1 Å². The van der Waals surface area contributed by atoms with E-state index in [1.807, 2.05) is 0 Å². The van der Waals surface area contributed by atoms with Gasteiger partial charge in [0.25, 0.3) is 0 Å². The molecule has 0 saturated carbocycles. The first-order chi connectivity index (χ1) is 10.1. The second-order valence-electron chi connectivity index (χ2n) is 5.21. The minimum absolute atomic E-state index is 0.205. The normalized spacial score (nSPS) is 16.8. The van der Waals surface area contributed by atoms with Gasteiger partial charge in [-0.25, -0.2) is 18.1 Å². The third-order valence-corrected chi connectivity index (χ3v) is 4.91. The Kier molecular flexibility index (Phi) is 5.96. The van der Waals surface area contributed by atoms with E-state index < -0.39 is 10.0 Å². The van der Waals surface area contributed by atoms with Crippen LogP contribution in [0.1, 0.15) is 26.2 Å². The molecule has 1 aromatic heterocycles. The summed E-state index contributed by atoms with van der Waals surface area (Å²) in [5, 5.41) is 3.12.